The Balaban J connectivity index is 0.000000219. The molecule has 114 valence electrons. The fourth-order valence-corrected chi connectivity index (χ4v) is 2.07. The molecule has 0 spiro atoms. The first-order chi connectivity index (χ1) is 9.88. The Morgan fingerprint density at radius 2 is 1.90 bits per heavy atom. The molecule has 0 unspecified atom stereocenters. The van der Waals surface area contributed by atoms with E-state index in [1.165, 1.54) is 43.2 Å². The minimum Gasteiger partial charge on any atom is -0.545 e. The van der Waals surface area contributed by atoms with Crippen LogP contribution in [0, 0.1) is 0 Å². The molecule has 21 heavy (non-hydrogen) atoms. The van der Waals surface area contributed by atoms with Gasteiger partial charge in [0, 0.05) is 12.5 Å². The molecule has 1 aliphatic heterocycles. The maximum atomic E-state index is 10.4. The van der Waals surface area contributed by atoms with E-state index in [-0.39, 0.29) is 11.1 Å². The second-order valence-corrected chi connectivity index (χ2v) is 4.69. The fourth-order valence-electron chi connectivity index (χ4n) is 2.07. The van der Waals surface area contributed by atoms with E-state index in [4.69, 9.17) is 5.11 Å². The van der Waals surface area contributed by atoms with Gasteiger partial charge >= 0.3 is 5.97 Å². The Morgan fingerprint density at radius 1 is 1.33 bits per heavy atom. The van der Waals surface area contributed by atoms with Crippen molar-refractivity contribution < 1.29 is 24.4 Å². The summed E-state index contributed by atoms with van der Waals surface area (Å²) in [6.45, 7) is 7.92. The van der Waals surface area contributed by atoms with Crippen molar-refractivity contribution in [2.75, 3.05) is 26.7 Å². The molecule has 0 saturated heterocycles. The van der Waals surface area contributed by atoms with Gasteiger partial charge in [-0.1, -0.05) is 18.2 Å². The molecule has 1 aliphatic rings. The van der Waals surface area contributed by atoms with Crippen LogP contribution in [0.25, 0.3) is 0 Å². The quantitative estimate of drug-likeness (QED) is 0.801. The number of carbonyl (C=O) groups is 2. The lowest BCUT2D eigenvalue weighted by Crippen LogP contribution is -2.25. The molecule has 0 aliphatic carbocycles. The number of rotatable bonds is 3. The molecule has 0 fully saturated rings. The summed E-state index contributed by atoms with van der Waals surface area (Å²) in [7, 11) is 2.14. The average Bonchev–Trinajstić information content (AvgIpc) is 2.79. The van der Waals surface area contributed by atoms with E-state index in [1.807, 2.05) is 0 Å². The van der Waals surface area contributed by atoms with Crippen LogP contribution in [0.2, 0.25) is 0 Å². The Bertz CT molecular complexity index is 534. The predicted octanol–water partition coefficient (Wildman–Crippen LogP) is 0.131. The molecule has 0 bridgehead atoms. The lowest BCUT2D eigenvalue weighted by molar-refractivity contribution is -0.487. The predicted molar refractivity (Wildman–Crippen MR) is 76.7 cm³/mol. The molecule has 0 atom stereocenters. The van der Waals surface area contributed by atoms with Gasteiger partial charge in [0.25, 0.3) is 0 Å². The molecule has 6 heteroatoms. The molecule has 1 heterocycles. The molecule has 0 radical (unpaired) electrons. The lowest BCUT2D eigenvalue weighted by Gasteiger charge is -2.04. The smallest absolute Gasteiger partial charge is 0.336 e. The Kier molecular flexibility index (Phi) is 5.90. The van der Waals surface area contributed by atoms with Gasteiger partial charge in [-0.3, -0.25) is 9.48 Å². The zero-order valence-corrected chi connectivity index (χ0v) is 12.5. The lowest BCUT2D eigenvalue weighted by atomic mass is 10.1. The average molecular weight is 292 g/mol. The summed E-state index contributed by atoms with van der Waals surface area (Å²) >= 11 is 0. The second kappa shape index (κ2) is 7.42. The molecule has 6 nitrogen and oxygen atoms in total. The summed E-state index contributed by atoms with van der Waals surface area (Å²) in [4.78, 5) is 23.2. The van der Waals surface area contributed by atoms with Gasteiger partial charge in [-0.2, -0.15) is 0 Å². The number of hydrogen-bond acceptors (Lipinski definition) is 4. The zero-order chi connectivity index (χ0) is 16.0. The van der Waals surface area contributed by atoms with Gasteiger partial charge in [0.15, 0.2) is 0 Å². The van der Waals surface area contributed by atoms with Crippen LogP contribution >= 0.6 is 0 Å². The maximum Gasteiger partial charge on any atom is 0.336 e. The van der Waals surface area contributed by atoms with Gasteiger partial charge in [-0.05, 0) is 13.0 Å². The van der Waals surface area contributed by atoms with Crippen molar-refractivity contribution in [2.45, 2.75) is 13.8 Å². The monoisotopic (exact) mass is 292 g/mol. The summed E-state index contributed by atoms with van der Waals surface area (Å²) in [5.41, 5.74) is -0.553. The topological polar surface area (TPSA) is 83.7 Å². The van der Waals surface area contributed by atoms with E-state index in [0.717, 1.165) is 6.54 Å². The van der Waals surface area contributed by atoms with Crippen LogP contribution in [0.1, 0.15) is 34.6 Å². The first kappa shape index (κ1) is 16.7. The summed E-state index contributed by atoms with van der Waals surface area (Å²) in [6, 6.07) is 5.31. The van der Waals surface area contributed by atoms with Crippen LogP contribution in [-0.4, -0.2) is 59.0 Å². The van der Waals surface area contributed by atoms with Crippen molar-refractivity contribution in [1.82, 2.24) is 4.90 Å². The third kappa shape index (κ3) is 4.30. The van der Waals surface area contributed by atoms with Crippen LogP contribution in [0.15, 0.2) is 24.3 Å². The number of carboxylic acid groups (broad SMARTS) is 2. The molecule has 1 aromatic rings. The summed E-state index contributed by atoms with van der Waals surface area (Å²) in [5.74, 6) is -1.33. The first-order valence-electron chi connectivity index (χ1n) is 6.71. The molecule has 0 aromatic heterocycles. The standard InChI is InChI=1S/C8H6O4.C7H15N2/c9-7(10)5-3-1-2-4-6(5)8(11)12;1-4-9-6-5-8(3)7(9)2/h1-4H,(H,9,10)(H,11,12);4-6H2,1-3H3/q;+1/p-1. The number of hydrogen-bond donors (Lipinski definition) is 1. The first-order valence-corrected chi connectivity index (χ1v) is 6.71. The van der Waals surface area contributed by atoms with Gasteiger partial charge in [0.2, 0.25) is 5.84 Å². The van der Waals surface area contributed by atoms with E-state index in [0.29, 0.717) is 0 Å². The Morgan fingerprint density at radius 3 is 2.19 bits per heavy atom. The highest BCUT2D eigenvalue weighted by atomic mass is 16.4. The van der Waals surface area contributed by atoms with Crippen molar-refractivity contribution in [3.8, 4) is 0 Å². The summed E-state index contributed by atoms with van der Waals surface area (Å²) in [6.07, 6.45) is 0. The molecular weight excluding hydrogens is 272 g/mol. The number of likely N-dealkylation sites (N-methyl/N-ethyl adjacent to an activating group) is 2. The highest BCUT2D eigenvalue weighted by molar-refractivity contribution is 6.00. The van der Waals surface area contributed by atoms with E-state index in [9.17, 15) is 14.7 Å². The number of carbonyl (C=O) groups excluding carboxylic acids is 1. The van der Waals surface area contributed by atoms with Crippen LogP contribution in [-0.2, 0) is 0 Å². The summed E-state index contributed by atoms with van der Waals surface area (Å²) < 4.78 is 2.30. The molecular formula is C15H20N2O4. The number of benzene rings is 1. The van der Waals surface area contributed by atoms with Crippen molar-refractivity contribution in [3.05, 3.63) is 35.4 Å². The zero-order valence-electron chi connectivity index (χ0n) is 12.5. The van der Waals surface area contributed by atoms with Gasteiger partial charge in [0.1, 0.15) is 13.1 Å². The highest BCUT2D eigenvalue weighted by Crippen LogP contribution is 2.06. The number of aromatic carboxylic acids is 2. The molecule has 0 amide bonds. The van der Waals surface area contributed by atoms with Gasteiger partial charge in [0.05, 0.1) is 25.1 Å². The molecule has 2 rings (SSSR count). The second-order valence-electron chi connectivity index (χ2n) is 4.69. The Labute approximate surface area is 123 Å². The molecule has 0 saturated carbocycles. The van der Waals surface area contributed by atoms with Crippen molar-refractivity contribution in [2.24, 2.45) is 0 Å². The van der Waals surface area contributed by atoms with Gasteiger partial charge < -0.3 is 15.0 Å². The van der Waals surface area contributed by atoms with Crippen LogP contribution < -0.4 is 5.11 Å². The number of carboxylic acids is 2. The van der Waals surface area contributed by atoms with E-state index >= 15 is 0 Å². The number of nitrogens with zero attached hydrogens (tertiary/aromatic N) is 2. The van der Waals surface area contributed by atoms with E-state index in [2.05, 4.69) is 30.4 Å². The minimum absolute atomic E-state index is 0.252. The van der Waals surface area contributed by atoms with Crippen molar-refractivity contribution in [1.29, 1.82) is 0 Å². The van der Waals surface area contributed by atoms with Gasteiger partial charge in [-0.15, -0.1) is 0 Å². The fraction of sp³-hybridized carbons (Fsp3) is 0.400. The summed E-state index contributed by atoms with van der Waals surface area (Å²) in [5, 5.41) is 18.9. The van der Waals surface area contributed by atoms with Crippen molar-refractivity contribution in [3.63, 3.8) is 0 Å². The highest BCUT2D eigenvalue weighted by Gasteiger charge is 2.21. The van der Waals surface area contributed by atoms with Crippen LogP contribution in [0.3, 0.4) is 0 Å². The minimum atomic E-state index is -1.48. The molecule has 1 aromatic carbocycles. The SMILES string of the molecule is CCN1CC[N+](C)=C1C.O=C([O-])c1ccccc1C(=O)O. The van der Waals surface area contributed by atoms with Crippen LogP contribution in [0.5, 0.6) is 0 Å². The Hall–Kier alpha value is -2.37. The van der Waals surface area contributed by atoms with Gasteiger partial charge in [-0.25, -0.2) is 4.79 Å². The van der Waals surface area contributed by atoms with E-state index < -0.39 is 11.9 Å². The third-order valence-electron chi connectivity index (χ3n) is 3.47. The van der Waals surface area contributed by atoms with Crippen LogP contribution in [0.4, 0.5) is 0 Å². The van der Waals surface area contributed by atoms with Crippen molar-refractivity contribution >= 4 is 17.8 Å². The largest absolute Gasteiger partial charge is 0.545 e. The third-order valence-corrected chi connectivity index (χ3v) is 3.47. The maximum absolute atomic E-state index is 10.4. The van der Waals surface area contributed by atoms with E-state index in [1.54, 1.807) is 0 Å². The molecule has 1 N–H and O–H groups in total. The number of amidine groups is 1. The normalized spacial score (nSPS) is 13.8.